The lowest BCUT2D eigenvalue weighted by atomic mass is 10.1. The Morgan fingerprint density at radius 2 is 1.80 bits per heavy atom. The second kappa shape index (κ2) is 8.45. The van der Waals surface area contributed by atoms with Gasteiger partial charge in [-0.15, -0.1) is 0 Å². The van der Waals surface area contributed by atoms with Gasteiger partial charge in [0, 0.05) is 21.7 Å². The molecule has 30 heavy (non-hydrogen) atoms. The van der Waals surface area contributed by atoms with E-state index in [9.17, 15) is 14.4 Å². The third kappa shape index (κ3) is 4.17. The fourth-order valence-corrected chi connectivity index (χ4v) is 4.25. The van der Waals surface area contributed by atoms with Crippen molar-refractivity contribution in [2.45, 2.75) is 13.5 Å². The van der Waals surface area contributed by atoms with E-state index in [1.807, 2.05) is 36.4 Å². The van der Waals surface area contributed by atoms with Crippen LogP contribution in [-0.2, 0) is 11.3 Å². The van der Waals surface area contributed by atoms with Crippen LogP contribution in [0.25, 0.3) is 17.4 Å². The highest BCUT2D eigenvalue weighted by molar-refractivity contribution is 9.10. The zero-order chi connectivity index (χ0) is 21.3. The smallest absolute Gasteiger partial charge is 0.293 e. The third-order valence-electron chi connectivity index (χ3n) is 4.64. The third-order valence-corrected chi connectivity index (χ3v) is 6.32. The molecule has 1 fully saturated rings. The van der Waals surface area contributed by atoms with Gasteiger partial charge >= 0.3 is 0 Å². The number of halogens is 1. The zero-order valence-corrected chi connectivity index (χ0v) is 18.3. The molecule has 0 saturated carbocycles. The Labute approximate surface area is 185 Å². The number of rotatable bonds is 5. The number of benzene rings is 2. The maximum atomic E-state index is 12.7. The van der Waals surface area contributed by atoms with Crippen molar-refractivity contribution in [2.24, 2.45) is 0 Å². The molecule has 150 valence electrons. The average molecular weight is 482 g/mol. The summed E-state index contributed by atoms with van der Waals surface area (Å²) < 4.78 is 6.67. The number of nitrogens with zero attached hydrogens (tertiary/aromatic N) is 1. The van der Waals surface area contributed by atoms with Crippen LogP contribution in [0.1, 0.15) is 28.6 Å². The van der Waals surface area contributed by atoms with Crippen LogP contribution in [0.3, 0.4) is 0 Å². The molecule has 0 atom stereocenters. The minimum absolute atomic E-state index is 0.0000541. The minimum atomic E-state index is -0.343. The standard InChI is InChI=1S/C23H16BrNO4S/c1-14(26)15-6-8-16(9-7-15)20-11-10-18(29-20)12-21-22(27)25(23(28)30-21)13-17-4-2-3-5-19(17)24/h2-12H,13H2,1H3/b21-12-. The molecule has 1 aliphatic rings. The van der Waals surface area contributed by atoms with Gasteiger partial charge in [-0.1, -0.05) is 58.4 Å². The Morgan fingerprint density at radius 1 is 1.07 bits per heavy atom. The number of hydrogen-bond donors (Lipinski definition) is 0. The van der Waals surface area contributed by atoms with Gasteiger partial charge < -0.3 is 4.42 Å². The molecule has 0 bridgehead atoms. The lowest BCUT2D eigenvalue weighted by Crippen LogP contribution is -2.27. The molecule has 0 unspecified atom stereocenters. The summed E-state index contributed by atoms with van der Waals surface area (Å²) in [5.41, 5.74) is 2.31. The summed E-state index contributed by atoms with van der Waals surface area (Å²) >= 11 is 4.34. The molecule has 0 aliphatic carbocycles. The molecule has 1 saturated heterocycles. The number of furan rings is 1. The number of hydrogen-bond acceptors (Lipinski definition) is 5. The first-order valence-corrected chi connectivity index (χ1v) is 10.7. The van der Waals surface area contributed by atoms with Gasteiger partial charge in [0.2, 0.25) is 0 Å². The van der Waals surface area contributed by atoms with E-state index in [1.165, 1.54) is 11.8 Å². The van der Waals surface area contributed by atoms with Crippen LogP contribution in [0.2, 0.25) is 0 Å². The highest BCUT2D eigenvalue weighted by atomic mass is 79.9. The topological polar surface area (TPSA) is 67.6 Å². The summed E-state index contributed by atoms with van der Waals surface area (Å²) in [6.45, 7) is 1.72. The van der Waals surface area contributed by atoms with Crippen LogP contribution in [0.15, 0.2) is 74.5 Å². The van der Waals surface area contributed by atoms with E-state index in [4.69, 9.17) is 4.42 Å². The lowest BCUT2D eigenvalue weighted by Gasteiger charge is -2.13. The van der Waals surface area contributed by atoms with E-state index in [1.54, 1.807) is 30.3 Å². The second-order valence-electron chi connectivity index (χ2n) is 6.69. The van der Waals surface area contributed by atoms with Gasteiger partial charge in [-0.3, -0.25) is 19.3 Å². The van der Waals surface area contributed by atoms with Gasteiger partial charge in [-0.25, -0.2) is 0 Å². The monoisotopic (exact) mass is 481 g/mol. The predicted octanol–water partition coefficient (Wildman–Crippen LogP) is 6.15. The van der Waals surface area contributed by atoms with Gasteiger partial charge in [0.15, 0.2) is 5.78 Å². The maximum Gasteiger partial charge on any atom is 0.293 e. The number of thioether (sulfide) groups is 1. The molecule has 5 nitrogen and oxygen atoms in total. The molecule has 1 aromatic heterocycles. The predicted molar refractivity (Wildman–Crippen MR) is 120 cm³/mol. The number of Topliss-reactive ketones (excluding diaryl/α,β-unsaturated/α-hetero) is 1. The first kappa shape index (κ1) is 20.4. The molecule has 0 spiro atoms. The number of imide groups is 1. The maximum absolute atomic E-state index is 12.7. The van der Waals surface area contributed by atoms with E-state index in [-0.39, 0.29) is 23.5 Å². The summed E-state index contributed by atoms with van der Waals surface area (Å²) in [5.74, 6) is 0.750. The zero-order valence-electron chi connectivity index (χ0n) is 15.9. The lowest BCUT2D eigenvalue weighted by molar-refractivity contribution is -0.123. The largest absolute Gasteiger partial charge is 0.457 e. The Hall–Kier alpha value is -2.90. The van der Waals surface area contributed by atoms with Crippen LogP contribution in [0.4, 0.5) is 4.79 Å². The first-order valence-electron chi connectivity index (χ1n) is 9.12. The number of ketones is 1. The quantitative estimate of drug-likeness (QED) is 0.323. The molecule has 2 aromatic carbocycles. The highest BCUT2D eigenvalue weighted by Crippen LogP contribution is 2.35. The van der Waals surface area contributed by atoms with E-state index in [2.05, 4.69) is 15.9 Å². The summed E-state index contributed by atoms with van der Waals surface area (Å²) in [7, 11) is 0. The van der Waals surface area contributed by atoms with Crippen molar-refractivity contribution < 1.29 is 18.8 Å². The van der Waals surface area contributed by atoms with Gasteiger partial charge in [0.1, 0.15) is 11.5 Å². The van der Waals surface area contributed by atoms with Gasteiger partial charge in [-0.2, -0.15) is 0 Å². The molecule has 2 amide bonds. The normalized spacial score (nSPS) is 15.3. The van der Waals surface area contributed by atoms with E-state index >= 15 is 0 Å². The SMILES string of the molecule is CC(=O)c1ccc(-c2ccc(/C=C3\SC(=O)N(Cc4ccccc4Br)C3=O)o2)cc1. The summed E-state index contributed by atoms with van der Waals surface area (Å²) in [6, 6.07) is 18.1. The number of carbonyl (C=O) groups is 3. The number of carbonyl (C=O) groups excluding carboxylic acids is 3. The molecule has 1 aliphatic heterocycles. The second-order valence-corrected chi connectivity index (χ2v) is 8.54. The Bertz CT molecular complexity index is 1180. The van der Waals surface area contributed by atoms with Crippen molar-refractivity contribution in [3.63, 3.8) is 0 Å². The van der Waals surface area contributed by atoms with Crippen molar-refractivity contribution in [3.8, 4) is 11.3 Å². The van der Waals surface area contributed by atoms with Gasteiger partial charge in [0.25, 0.3) is 11.1 Å². The van der Waals surface area contributed by atoms with Gasteiger partial charge in [-0.05, 0) is 42.4 Å². The van der Waals surface area contributed by atoms with Crippen molar-refractivity contribution >= 4 is 50.7 Å². The molecule has 7 heteroatoms. The fourth-order valence-electron chi connectivity index (χ4n) is 3.02. The first-order chi connectivity index (χ1) is 14.4. The molecular weight excluding hydrogens is 466 g/mol. The molecular formula is C23H16BrNO4S. The van der Waals surface area contributed by atoms with Gasteiger partial charge in [0.05, 0.1) is 11.4 Å². The van der Waals surface area contributed by atoms with Crippen molar-refractivity contribution in [3.05, 3.63) is 86.9 Å². The van der Waals surface area contributed by atoms with E-state index in [0.717, 1.165) is 27.4 Å². The molecule has 2 heterocycles. The molecule has 0 N–H and O–H groups in total. The molecule has 0 radical (unpaired) electrons. The number of amides is 2. The summed E-state index contributed by atoms with van der Waals surface area (Å²) in [5, 5.41) is -0.311. The van der Waals surface area contributed by atoms with E-state index < -0.39 is 0 Å². The minimum Gasteiger partial charge on any atom is -0.457 e. The summed E-state index contributed by atoms with van der Waals surface area (Å²) in [6.07, 6.45) is 1.58. The van der Waals surface area contributed by atoms with E-state index in [0.29, 0.717) is 22.0 Å². The van der Waals surface area contributed by atoms with Crippen LogP contribution in [0.5, 0.6) is 0 Å². The highest BCUT2D eigenvalue weighted by Gasteiger charge is 2.35. The molecule has 3 aromatic rings. The van der Waals surface area contributed by atoms with Crippen LogP contribution in [-0.4, -0.2) is 21.8 Å². The summed E-state index contributed by atoms with van der Waals surface area (Å²) in [4.78, 5) is 38.1. The Balaban J connectivity index is 1.53. The van der Waals surface area contributed by atoms with Crippen LogP contribution in [0, 0.1) is 0 Å². The Kier molecular flexibility index (Phi) is 5.74. The fraction of sp³-hybridized carbons (Fsp3) is 0.0870. The van der Waals surface area contributed by atoms with Crippen molar-refractivity contribution in [2.75, 3.05) is 0 Å². The van der Waals surface area contributed by atoms with Crippen molar-refractivity contribution in [1.29, 1.82) is 0 Å². The van der Waals surface area contributed by atoms with Crippen LogP contribution >= 0.6 is 27.7 Å². The average Bonchev–Trinajstić information content (AvgIpc) is 3.30. The van der Waals surface area contributed by atoms with Crippen molar-refractivity contribution in [1.82, 2.24) is 4.90 Å². The van der Waals surface area contributed by atoms with Crippen LogP contribution < -0.4 is 0 Å². The Morgan fingerprint density at radius 3 is 2.50 bits per heavy atom. The molecule has 4 rings (SSSR count).